The third-order valence-corrected chi connectivity index (χ3v) is 8.41. The quantitative estimate of drug-likeness (QED) is 0.163. The zero-order valence-corrected chi connectivity index (χ0v) is 28.5. The van der Waals surface area contributed by atoms with E-state index in [9.17, 15) is 18.8 Å². The summed E-state index contributed by atoms with van der Waals surface area (Å²) in [5.41, 5.74) is 2.57. The summed E-state index contributed by atoms with van der Waals surface area (Å²) < 4.78 is 36.5. The Morgan fingerprint density at radius 2 is 1.62 bits per heavy atom. The molecule has 45 heavy (non-hydrogen) atoms. The van der Waals surface area contributed by atoms with E-state index >= 15 is 4.39 Å². The van der Waals surface area contributed by atoms with Gasteiger partial charge in [0.25, 0.3) is 5.56 Å². The van der Waals surface area contributed by atoms with Crippen LogP contribution in [0.1, 0.15) is 74.2 Å². The number of esters is 1. The van der Waals surface area contributed by atoms with E-state index in [4.69, 9.17) is 27.9 Å². The second kappa shape index (κ2) is 16.0. The van der Waals surface area contributed by atoms with Crippen molar-refractivity contribution in [2.24, 2.45) is 5.92 Å². The van der Waals surface area contributed by atoms with Gasteiger partial charge in [0.05, 0.1) is 29.1 Å². The number of hydrogen-bond acceptors (Lipinski definition) is 5. The highest BCUT2D eigenvalue weighted by Crippen LogP contribution is 2.40. The van der Waals surface area contributed by atoms with Gasteiger partial charge in [0.2, 0.25) is 0 Å². The SMILES string of the molecule is CCOC(=O)C[C@H](CC(=O)C(CC(C)C)n1cc(CCN(C)C)c(C)cc1=O)c1cc(-c2c(Cl)cc(F)cc2Cl)cc(C)c1F. The molecule has 0 saturated carbocycles. The topological polar surface area (TPSA) is 68.6 Å². The molecule has 0 aliphatic rings. The molecule has 0 fully saturated rings. The summed E-state index contributed by atoms with van der Waals surface area (Å²) in [6.45, 7) is 9.91. The lowest BCUT2D eigenvalue weighted by Gasteiger charge is -2.25. The molecule has 0 amide bonds. The van der Waals surface area contributed by atoms with Crippen molar-refractivity contribution in [2.75, 3.05) is 27.2 Å². The predicted molar refractivity (Wildman–Crippen MR) is 176 cm³/mol. The summed E-state index contributed by atoms with van der Waals surface area (Å²) in [6.07, 6.45) is 2.34. The number of carbonyl (C=O) groups is 2. The zero-order chi connectivity index (χ0) is 33.6. The summed E-state index contributed by atoms with van der Waals surface area (Å²) in [7, 11) is 3.93. The molecule has 2 aromatic carbocycles. The number of carbonyl (C=O) groups excluding carboxylic acids is 2. The number of aromatic nitrogens is 1. The number of likely N-dealkylation sites (N-methyl/N-ethyl adjacent to an activating group) is 1. The van der Waals surface area contributed by atoms with E-state index in [1.54, 1.807) is 26.1 Å². The third-order valence-electron chi connectivity index (χ3n) is 7.81. The van der Waals surface area contributed by atoms with E-state index in [0.717, 1.165) is 29.8 Å². The molecule has 0 spiro atoms. The van der Waals surface area contributed by atoms with Crippen LogP contribution in [-0.2, 0) is 20.7 Å². The molecule has 3 aromatic rings. The number of ketones is 1. The first-order chi connectivity index (χ1) is 21.1. The van der Waals surface area contributed by atoms with Crippen LogP contribution in [0.2, 0.25) is 10.0 Å². The highest BCUT2D eigenvalue weighted by Gasteiger charge is 2.30. The Hall–Kier alpha value is -3.07. The normalized spacial score (nSPS) is 12.9. The molecular formula is C35H42Cl2F2N2O4. The fraction of sp³-hybridized carbons (Fsp3) is 0.457. The number of hydrogen-bond donors (Lipinski definition) is 0. The monoisotopic (exact) mass is 662 g/mol. The Balaban J connectivity index is 2.13. The van der Waals surface area contributed by atoms with Gasteiger partial charge < -0.3 is 14.2 Å². The van der Waals surface area contributed by atoms with Gasteiger partial charge in [0.15, 0.2) is 5.78 Å². The van der Waals surface area contributed by atoms with Gasteiger partial charge in [0.1, 0.15) is 11.6 Å². The Kier molecular flexibility index (Phi) is 12.9. The highest BCUT2D eigenvalue weighted by atomic mass is 35.5. The van der Waals surface area contributed by atoms with Gasteiger partial charge in [-0.15, -0.1) is 0 Å². The largest absolute Gasteiger partial charge is 0.466 e. The van der Waals surface area contributed by atoms with Gasteiger partial charge >= 0.3 is 5.97 Å². The maximum atomic E-state index is 15.9. The number of ether oxygens (including phenoxy) is 1. The molecular weight excluding hydrogens is 621 g/mol. The molecule has 0 saturated heterocycles. The molecule has 0 bridgehead atoms. The molecule has 2 atom stereocenters. The van der Waals surface area contributed by atoms with Gasteiger partial charge in [-0.25, -0.2) is 8.78 Å². The maximum Gasteiger partial charge on any atom is 0.306 e. The van der Waals surface area contributed by atoms with Crippen LogP contribution in [0, 0.1) is 31.4 Å². The fourth-order valence-corrected chi connectivity index (χ4v) is 6.21. The minimum Gasteiger partial charge on any atom is -0.466 e. The molecule has 0 radical (unpaired) electrons. The average molecular weight is 664 g/mol. The minimum atomic E-state index is -0.919. The van der Waals surface area contributed by atoms with Crippen LogP contribution in [0.15, 0.2) is 41.3 Å². The van der Waals surface area contributed by atoms with E-state index in [1.807, 2.05) is 39.8 Å². The molecule has 0 N–H and O–H groups in total. The lowest BCUT2D eigenvalue weighted by Crippen LogP contribution is -2.32. The molecule has 0 aliphatic carbocycles. The average Bonchev–Trinajstić information content (AvgIpc) is 2.92. The van der Waals surface area contributed by atoms with Crippen molar-refractivity contribution in [2.45, 2.75) is 72.3 Å². The fourth-order valence-electron chi connectivity index (χ4n) is 5.53. The number of aryl methyl sites for hydroxylation is 2. The van der Waals surface area contributed by atoms with Crippen molar-refractivity contribution in [1.29, 1.82) is 0 Å². The maximum absolute atomic E-state index is 15.9. The standard InChI is InChI=1S/C35H42Cl2F2N2O4/c1-8-45-33(44)16-24(27-14-25(12-22(5)35(27)39)34-28(36)17-26(38)18-29(34)37)15-31(42)30(11-20(2)3)41-19-23(9-10-40(6)7)21(4)13-32(41)43/h12-14,17-20,24,30H,8-11,15-16H2,1-7H3/t24-,30?/m0/s1. The van der Waals surface area contributed by atoms with Crippen LogP contribution in [0.5, 0.6) is 0 Å². The number of Topliss-reactive ketones (excluding diaryl/α,β-unsaturated/α-hetero) is 1. The van der Waals surface area contributed by atoms with Crippen molar-refractivity contribution in [3.05, 3.63) is 90.8 Å². The lowest BCUT2D eigenvalue weighted by atomic mass is 9.84. The summed E-state index contributed by atoms with van der Waals surface area (Å²) in [5.74, 6) is -2.96. The molecule has 3 rings (SSSR count). The highest BCUT2D eigenvalue weighted by molar-refractivity contribution is 6.39. The van der Waals surface area contributed by atoms with E-state index in [2.05, 4.69) is 0 Å². The van der Waals surface area contributed by atoms with E-state index < -0.39 is 29.6 Å². The molecule has 10 heteroatoms. The van der Waals surface area contributed by atoms with Gasteiger partial charge in [-0.3, -0.25) is 14.4 Å². The summed E-state index contributed by atoms with van der Waals surface area (Å²) in [4.78, 5) is 42.3. The van der Waals surface area contributed by atoms with Crippen molar-refractivity contribution in [1.82, 2.24) is 9.47 Å². The lowest BCUT2D eigenvalue weighted by molar-refractivity contribution is -0.143. The molecule has 0 aliphatic heterocycles. The summed E-state index contributed by atoms with van der Waals surface area (Å²) >= 11 is 12.7. The Bertz CT molecular complexity index is 1580. The minimum absolute atomic E-state index is 0.0378. The molecule has 1 unspecified atom stereocenters. The predicted octanol–water partition coefficient (Wildman–Crippen LogP) is 8.10. The van der Waals surface area contributed by atoms with Crippen molar-refractivity contribution in [3.63, 3.8) is 0 Å². The first kappa shape index (κ1) is 36.4. The molecule has 244 valence electrons. The first-order valence-electron chi connectivity index (χ1n) is 15.1. The zero-order valence-electron chi connectivity index (χ0n) is 27.0. The van der Waals surface area contributed by atoms with Crippen LogP contribution in [0.3, 0.4) is 0 Å². The van der Waals surface area contributed by atoms with E-state index in [0.29, 0.717) is 24.0 Å². The van der Waals surface area contributed by atoms with Crippen LogP contribution in [-0.4, -0.2) is 48.5 Å². The van der Waals surface area contributed by atoms with Gasteiger partial charge in [-0.1, -0.05) is 37.0 Å². The number of nitrogens with zero attached hydrogens (tertiary/aromatic N) is 2. The van der Waals surface area contributed by atoms with Crippen LogP contribution < -0.4 is 5.56 Å². The second-order valence-corrected chi connectivity index (χ2v) is 13.1. The van der Waals surface area contributed by atoms with Gasteiger partial charge in [-0.05, 0) is 106 Å². The number of halogens is 4. The van der Waals surface area contributed by atoms with Crippen LogP contribution in [0.4, 0.5) is 8.78 Å². The second-order valence-electron chi connectivity index (χ2n) is 12.2. The van der Waals surface area contributed by atoms with Crippen LogP contribution in [0.25, 0.3) is 11.1 Å². The molecule has 6 nitrogen and oxygen atoms in total. The smallest absolute Gasteiger partial charge is 0.306 e. The van der Waals surface area contributed by atoms with E-state index in [1.165, 1.54) is 16.7 Å². The third kappa shape index (κ3) is 9.47. The van der Waals surface area contributed by atoms with Crippen molar-refractivity contribution >= 4 is 35.0 Å². The Morgan fingerprint density at radius 1 is 0.978 bits per heavy atom. The molecule has 1 aromatic heterocycles. The number of rotatable bonds is 14. The Morgan fingerprint density at radius 3 is 2.20 bits per heavy atom. The van der Waals surface area contributed by atoms with Crippen molar-refractivity contribution in [3.8, 4) is 11.1 Å². The van der Waals surface area contributed by atoms with E-state index in [-0.39, 0.29) is 57.9 Å². The summed E-state index contributed by atoms with van der Waals surface area (Å²) in [6, 6.07) is 5.99. The van der Waals surface area contributed by atoms with Gasteiger partial charge in [-0.2, -0.15) is 0 Å². The van der Waals surface area contributed by atoms with Crippen molar-refractivity contribution < 1.29 is 23.1 Å². The first-order valence-corrected chi connectivity index (χ1v) is 15.9. The molecule has 1 heterocycles. The Labute approximate surface area is 274 Å². The number of pyridine rings is 1. The van der Waals surface area contributed by atoms with Gasteiger partial charge in [0, 0.05) is 36.7 Å². The number of benzene rings is 2. The summed E-state index contributed by atoms with van der Waals surface area (Å²) in [5, 5.41) is 0.0755. The van der Waals surface area contributed by atoms with Crippen LogP contribution >= 0.6 is 23.2 Å².